The van der Waals surface area contributed by atoms with Gasteiger partial charge in [0.15, 0.2) is 12.2 Å². The fourth-order valence-corrected chi connectivity index (χ4v) is 5.88. The van der Waals surface area contributed by atoms with Gasteiger partial charge in [0.1, 0.15) is 45.4 Å². The quantitative estimate of drug-likeness (QED) is 0.287. The van der Waals surface area contributed by atoms with E-state index in [1.807, 2.05) is 6.92 Å². The molecule has 0 saturated heterocycles. The molecule has 4 aromatic rings. The summed E-state index contributed by atoms with van der Waals surface area (Å²) < 4.78 is 27.0. The van der Waals surface area contributed by atoms with E-state index in [2.05, 4.69) is 12.1 Å². The molecular weight excluding hydrogens is 652 g/mol. The maximum Gasteiger partial charge on any atom is 0.254 e. The molecule has 12 heteroatoms. The van der Waals surface area contributed by atoms with Gasteiger partial charge in [-0.1, -0.05) is 0 Å². The molecule has 4 unspecified atom stereocenters. The molecule has 4 heterocycles. The average Bonchev–Trinajstić information content (AvgIpc) is 3.07. The summed E-state index contributed by atoms with van der Waals surface area (Å²) >= 11 is 0. The van der Waals surface area contributed by atoms with Crippen LogP contribution in [0.15, 0.2) is 82.6 Å². The lowest BCUT2D eigenvalue weighted by Gasteiger charge is -2.48. The molecule has 0 spiro atoms. The Bertz CT molecular complexity index is 2170. The van der Waals surface area contributed by atoms with Crippen LogP contribution in [0, 0.1) is 22.7 Å². The number of hydrogen-bond acceptors (Lipinski definition) is 10. The number of hydrogen-bond donors (Lipinski definition) is 2. The van der Waals surface area contributed by atoms with Gasteiger partial charge in [0.05, 0.1) is 23.3 Å². The van der Waals surface area contributed by atoms with Gasteiger partial charge in [-0.2, -0.15) is 10.5 Å². The van der Waals surface area contributed by atoms with Crippen molar-refractivity contribution >= 4 is 0 Å². The number of rotatable bonds is 5. The first kappa shape index (κ1) is 36.7. The van der Waals surface area contributed by atoms with Gasteiger partial charge in [0, 0.05) is 49.2 Å². The summed E-state index contributed by atoms with van der Waals surface area (Å²) in [6, 6.07) is 20.3. The predicted octanol–water partition coefficient (Wildman–Crippen LogP) is 5.08. The number of aliphatic hydroxyl groups is 2. The molecule has 0 bridgehead atoms. The Morgan fingerprint density at radius 1 is 0.706 bits per heavy atom. The normalized spacial score (nSPS) is 23.7. The summed E-state index contributed by atoms with van der Waals surface area (Å²) in [5.74, 6) is 1.80. The molecule has 2 aliphatic rings. The molecule has 266 valence electrons. The van der Waals surface area contributed by atoms with E-state index in [0.717, 1.165) is 0 Å². The van der Waals surface area contributed by atoms with Crippen molar-refractivity contribution in [3.63, 3.8) is 0 Å². The second-order valence-electron chi connectivity index (χ2n) is 14.0. The molecule has 0 amide bonds. The van der Waals surface area contributed by atoms with Gasteiger partial charge in [-0.05, 0) is 97.0 Å². The second kappa shape index (κ2) is 13.3. The van der Waals surface area contributed by atoms with E-state index < -0.39 is 34.6 Å². The first-order valence-corrected chi connectivity index (χ1v) is 16.5. The van der Waals surface area contributed by atoms with Crippen LogP contribution in [0.25, 0.3) is 0 Å². The van der Waals surface area contributed by atoms with Crippen molar-refractivity contribution < 1.29 is 29.2 Å². The predicted molar refractivity (Wildman–Crippen MR) is 188 cm³/mol. The molecule has 2 aromatic heterocycles. The fraction of sp³-hybridized carbons (Fsp3) is 0.385. The summed E-state index contributed by atoms with van der Waals surface area (Å²) in [6.45, 7) is 12.8. The molecule has 2 N–H and O–H groups in total. The Morgan fingerprint density at radius 3 is 1.53 bits per heavy atom. The Hall–Kier alpha value is -5.56. The first-order valence-electron chi connectivity index (χ1n) is 16.5. The van der Waals surface area contributed by atoms with Gasteiger partial charge < -0.3 is 38.3 Å². The third kappa shape index (κ3) is 6.81. The number of aryl methyl sites for hydroxylation is 2. The van der Waals surface area contributed by atoms with Crippen molar-refractivity contribution in [3.8, 4) is 35.1 Å². The second-order valence-corrected chi connectivity index (χ2v) is 14.0. The molecule has 2 aliphatic heterocycles. The van der Waals surface area contributed by atoms with Gasteiger partial charge in [-0.3, -0.25) is 9.59 Å². The Kier molecular flexibility index (Phi) is 9.57. The first-order chi connectivity index (χ1) is 23.8. The standard InChI is InChI=1S/C20H22N2O4.C19H20N2O4/c1-5-22-9-8-14(11-17(22)23)25-18-15-10-13(12-21)6-7-16(15)26-19(2,3)20(18,4)24;1-18(2)19(3,23)17(24-13-7-8-21(4)16(22)10-13)14-9-12(11-20)5-6-15(14)25-18/h6-11,18,24H,5H2,1-4H3;5-10,17,23H,1-4H3. The summed E-state index contributed by atoms with van der Waals surface area (Å²) in [5, 5.41) is 40.7. The van der Waals surface area contributed by atoms with Gasteiger partial charge in [0.25, 0.3) is 11.1 Å². The molecule has 2 aromatic carbocycles. The molecule has 4 atom stereocenters. The topological polar surface area (TPSA) is 169 Å². The van der Waals surface area contributed by atoms with Crippen LogP contribution in [-0.2, 0) is 13.6 Å². The number of nitrogens with zero attached hydrogens (tertiary/aromatic N) is 4. The number of ether oxygens (including phenoxy) is 4. The van der Waals surface area contributed by atoms with Crippen LogP contribution in [0.5, 0.6) is 23.0 Å². The van der Waals surface area contributed by atoms with Gasteiger partial charge in [0.2, 0.25) is 0 Å². The van der Waals surface area contributed by atoms with Gasteiger partial charge in [-0.25, -0.2) is 0 Å². The molecule has 0 fully saturated rings. The van der Waals surface area contributed by atoms with E-state index >= 15 is 0 Å². The number of aromatic nitrogens is 2. The minimum Gasteiger partial charge on any atom is -0.484 e. The summed E-state index contributed by atoms with van der Waals surface area (Å²) in [7, 11) is 1.65. The van der Waals surface area contributed by atoms with Crippen LogP contribution in [0.1, 0.15) is 82.9 Å². The number of benzene rings is 2. The lowest BCUT2D eigenvalue weighted by atomic mass is 9.77. The molecule has 6 rings (SSSR count). The molecule has 0 aliphatic carbocycles. The minimum atomic E-state index is -1.40. The smallest absolute Gasteiger partial charge is 0.254 e. The van der Waals surface area contributed by atoms with Crippen LogP contribution in [0.4, 0.5) is 0 Å². The Morgan fingerprint density at radius 2 is 1.14 bits per heavy atom. The van der Waals surface area contributed by atoms with Crippen LogP contribution in [0.3, 0.4) is 0 Å². The monoisotopic (exact) mass is 694 g/mol. The lowest BCUT2D eigenvalue weighted by Crippen LogP contribution is -2.59. The summed E-state index contributed by atoms with van der Waals surface area (Å²) in [6.07, 6.45) is 1.66. The van der Waals surface area contributed by atoms with Crippen LogP contribution >= 0.6 is 0 Å². The van der Waals surface area contributed by atoms with E-state index in [-0.39, 0.29) is 11.1 Å². The van der Waals surface area contributed by atoms with Gasteiger partial charge in [-0.15, -0.1) is 0 Å². The highest BCUT2D eigenvalue weighted by atomic mass is 16.6. The maximum atomic E-state index is 12.1. The lowest BCUT2D eigenvalue weighted by molar-refractivity contribution is -0.174. The number of fused-ring (bicyclic) bond motifs is 2. The third-order valence-electron chi connectivity index (χ3n) is 9.92. The van der Waals surface area contributed by atoms with Crippen molar-refractivity contribution in [2.75, 3.05) is 0 Å². The van der Waals surface area contributed by atoms with Crippen LogP contribution in [0.2, 0.25) is 0 Å². The van der Waals surface area contributed by atoms with Crippen molar-refractivity contribution in [1.29, 1.82) is 10.5 Å². The van der Waals surface area contributed by atoms with Crippen molar-refractivity contribution in [2.45, 2.75) is 89.6 Å². The zero-order valence-electron chi connectivity index (χ0n) is 29.9. The fourth-order valence-electron chi connectivity index (χ4n) is 5.88. The molecule has 51 heavy (non-hydrogen) atoms. The highest BCUT2D eigenvalue weighted by Gasteiger charge is 2.55. The summed E-state index contributed by atoms with van der Waals surface area (Å²) in [4.78, 5) is 24.0. The number of pyridine rings is 2. The summed E-state index contributed by atoms with van der Waals surface area (Å²) in [5.41, 5.74) is -3.01. The molecule has 12 nitrogen and oxygen atoms in total. The Labute approximate surface area is 296 Å². The largest absolute Gasteiger partial charge is 0.484 e. The molecule has 0 radical (unpaired) electrons. The van der Waals surface area contributed by atoms with E-state index in [1.165, 1.54) is 16.7 Å². The van der Waals surface area contributed by atoms with E-state index in [0.29, 0.717) is 51.8 Å². The van der Waals surface area contributed by atoms with Crippen molar-refractivity contribution in [2.24, 2.45) is 7.05 Å². The Balaban J connectivity index is 0.000000198. The highest BCUT2D eigenvalue weighted by molar-refractivity contribution is 5.48. The highest BCUT2D eigenvalue weighted by Crippen LogP contribution is 2.49. The SMILES string of the molecule is CCn1ccc(OC2c3cc(C#N)ccc3OC(C)(C)C2(C)O)cc1=O.Cn1ccc(OC2c3cc(C#N)ccc3OC(C)(C)C2(C)O)cc1=O. The zero-order chi connectivity index (χ0) is 37.5. The van der Waals surface area contributed by atoms with E-state index in [1.54, 1.807) is 114 Å². The van der Waals surface area contributed by atoms with Gasteiger partial charge >= 0.3 is 0 Å². The maximum absolute atomic E-state index is 12.1. The molecular formula is C39H42N4O8. The zero-order valence-corrected chi connectivity index (χ0v) is 29.9. The average molecular weight is 695 g/mol. The van der Waals surface area contributed by atoms with E-state index in [9.17, 15) is 30.3 Å². The van der Waals surface area contributed by atoms with Crippen molar-refractivity contribution in [3.05, 3.63) is 116 Å². The minimum absolute atomic E-state index is 0.179. The third-order valence-corrected chi connectivity index (χ3v) is 9.92. The van der Waals surface area contributed by atoms with Crippen LogP contribution < -0.4 is 30.1 Å². The molecule has 0 saturated carbocycles. The number of nitriles is 2. The van der Waals surface area contributed by atoms with Crippen molar-refractivity contribution in [1.82, 2.24) is 9.13 Å². The van der Waals surface area contributed by atoms with Crippen LogP contribution in [-0.4, -0.2) is 41.8 Å². The van der Waals surface area contributed by atoms with E-state index in [4.69, 9.17) is 18.9 Å².